The number of benzene rings is 2. The van der Waals surface area contributed by atoms with Gasteiger partial charge in [0.25, 0.3) is 0 Å². The summed E-state index contributed by atoms with van der Waals surface area (Å²) in [7, 11) is 0. The molecule has 0 aliphatic heterocycles. The van der Waals surface area contributed by atoms with Gasteiger partial charge in [-0.05, 0) is 19.1 Å². The largest absolute Gasteiger partial charge is 0.508 e. The van der Waals surface area contributed by atoms with E-state index in [0.717, 1.165) is 0 Å². The molecule has 3 aromatic rings. The fraction of sp³-hybridized carbons (Fsp3) is 0.0625. The van der Waals surface area contributed by atoms with E-state index in [4.69, 9.17) is 4.42 Å². The molecule has 0 unspecified atom stereocenters. The molecule has 1 N–H and O–H groups in total. The first kappa shape index (κ1) is 12.4. The molecular formula is C16H11FO3. The summed E-state index contributed by atoms with van der Waals surface area (Å²) < 4.78 is 19.7. The Hall–Kier alpha value is -2.62. The van der Waals surface area contributed by atoms with Crippen LogP contribution in [-0.2, 0) is 0 Å². The summed E-state index contributed by atoms with van der Waals surface area (Å²) in [6.07, 6.45) is 0. The van der Waals surface area contributed by atoms with E-state index < -0.39 is 11.2 Å². The molecule has 0 aliphatic carbocycles. The first-order valence-electron chi connectivity index (χ1n) is 6.10. The topological polar surface area (TPSA) is 50.4 Å². The lowest BCUT2D eigenvalue weighted by atomic mass is 10.1. The Kier molecular flexibility index (Phi) is 2.79. The molecule has 3 rings (SSSR count). The first-order chi connectivity index (χ1) is 9.59. The number of rotatable bonds is 1. The summed E-state index contributed by atoms with van der Waals surface area (Å²) in [6.45, 7) is 1.62. The summed E-state index contributed by atoms with van der Waals surface area (Å²) in [4.78, 5) is 12.1. The second-order valence-electron chi connectivity index (χ2n) is 4.53. The van der Waals surface area contributed by atoms with Crippen molar-refractivity contribution in [3.63, 3.8) is 0 Å². The van der Waals surface area contributed by atoms with E-state index in [2.05, 4.69) is 0 Å². The standard InChI is InChI=1S/C16H11FO3/c1-9-12(18)8-7-11-14(19)13(17)16(20-15(9)11)10-5-3-2-4-6-10/h2-8,18H,1H3. The first-order valence-corrected chi connectivity index (χ1v) is 6.10. The summed E-state index contributed by atoms with van der Waals surface area (Å²) in [5.74, 6) is -1.03. The van der Waals surface area contributed by atoms with E-state index >= 15 is 0 Å². The van der Waals surface area contributed by atoms with Crippen LogP contribution < -0.4 is 5.43 Å². The maximum atomic E-state index is 14.2. The average molecular weight is 270 g/mol. The summed E-state index contributed by atoms with van der Waals surface area (Å²) in [6, 6.07) is 11.3. The van der Waals surface area contributed by atoms with Crippen LogP contribution in [0.3, 0.4) is 0 Å². The minimum atomic E-state index is -0.922. The molecule has 0 spiro atoms. The SMILES string of the molecule is Cc1c(O)ccc2c(=O)c(F)c(-c3ccccc3)oc12. The van der Waals surface area contributed by atoms with Crippen molar-refractivity contribution in [3.05, 3.63) is 64.1 Å². The van der Waals surface area contributed by atoms with Gasteiger partial charge >= 0.3 is 0 Å². The number of aryl methyl sites for hydroxylation is 1. The molecule has 1 heterocycles. The monoisotopic (exact) mass is 270 g/mol. The van der Waals surface area contributed by atoms with E-state index in [0.29, 0.717) is 11.1 Å². The van der Waals surface area contributed by atoms with Crippen molar-refractivity contribution in [1.29, 1.82) is 0 Å². The molecule has 2 aromatic carbocycles. The van der Waals surface area contributed by atoms with Gasteiger partial charge in [0.15, 0.2) is 5.76 Å². The van der Waals surface area contributed by atoms with Crippen molar-refractivity contribution in [3.8, 4) is 17.1 Å². The number of hydrogen-bond donors (Lipinski definition) is 1. The molecule has 0 atom stereocenters. The van der Waals surface area contributed by atoms with E-state index in [9.17, 15) is 14.3 Å². The molecule has 0 radical (unpaired) electrons. The Balaban J connectivity index is 2.44. The Morgan fingerprint density at radius 1 is 1.10 bits per heavy atom. The van der Waals surface area contributed by atoms with Crippen LogP contribution in [-0.4, -0.2) is 5.11 Å². The Bertz CT molecular complexity index is 851. The summed E-state index contributed by atoms with van der Waals surface area (Å²) >= 11 is 0. The van der Waals surface area contributed by atoms with Crippen molar-refractivity contribution >= 4 is 11.0 Å². The van der Waals surface area contributed by atoms with Crippen molar-refractivity contribution in [2.45, 2.75) is 6.92 Å². The fourth-order valence-corrected chi connectivity index (χ4v) is 2.13. The van der Waals surface area contributed by atoms with Crippen molar-refractivity contribution in [2.24, 2.45) is 0 Å². The van der Waals surface area contributed by atoms with Crippen LogP contribution >= 0.6 is 0 Å². The van der Waals surface area contributed by atoms with Gasteiger partial charge in [0.2, 0.25) is 11.2 Å². The third kappa shape index (κ3) is 1.77. The maximum absolute atomic E-state index is 14.2. The highest BCUT2D eigenvalue weighted by atomic mass is 19.1. The van der Waals surface area contributed by atoms with Crippen LogP contribution in [0.25, 0.3) is 22.3 Å². The lowest BCUT2D eigenvalue weighted by Gasteiger charge is -2.07. The molecule has 100 valence electrons. The minimum Gasteiger partial charge on any atom is -0.508 e. The van der Waals surface area contributed by atoms with E-state index in [-0.39, 0.29) is 22.5 Å². The Morgan fingerprint density at radius 3 is 2.50 bits per heavy atom. The summed E-state index contributed by atoms with van der Waals surface area (Å²) in [5.41, 5.74) is 0.368. The van der Waals surface area contributed by atoms with Gasteiger partial charge in [0.1, 0.15) is 11.3 Å². The van der Waals surface area contributed by atoms with Crippen LogP contribution in [0.15, 0.2) is 51.7 Å². The Morgan fingerprint density at radius 2 is 1.80 bits per heavy atom. The molecule has 4 heteroatoms. The van der Waals surface area contributed by atoms with E-state index in [1.54, 1.807) is 37.3 Å². The number of hydrogen-bond acceptors (Lipinski definition) is 3. The number of aromatic hydroxyl groups is 1. The molecule has 0 fully saturated rings. The fourth-order valence-electron chi connectivity index (χ4n) is 2.13. The van der Waals surface area contributed by atoms with Crippen molar-refractivity contribution in [2.75, 3.05) is 0 Å². The van der Waals surface area contributed by atoms with Crippen molar-refractivity contribution in [1.82, 2.24) is 0 Å². The second-order valence-corrected chi connectivity index (χ2v) is 4.53. The summed E-state index contributed by atoms with van der Waals surface area (Å²) in [5, 5.41) is 9.81. The predicted octanol–water partition coefficient (Wildman–Crippen LogP) is 3.61. The van der Waals surface area contributed by atoms with Gasteiger partial charge in [-0.15, -0.1) is 0 Å². The third-order valence-corrected chi connectivity index (χ3v) is 3.26. The van der Waals surface area contributed by atoms with Gasteiger partial charge in [0.05, 0.1) is 5.39 Å². The quantitative estimate of drug-likeness (QED) is 0.734. The van der Waals surface area contributed by atoms with E-state index in [1.165, 1.54) is 12.1 Å². The molecule has 0 bridgehead atoms. The smallest absolute Gasteiger partial charge is 0.229 e. The van der Waals surface area contributed by atoms with E-state index in [1.807, 2.05) is 0 Å². The molecule has 20 heavy (non-hydrogen) atoms. The molecule has 0 amide bonds. The predicted molar refractivity (Wildman–Crippen MR) is 74.3 cm³/mol. The minimum absolute atomic E-state index is 0.00581. The molecule has 0 aliphatic rings. The lowest BCUT2D eigenvalue weighted by Crippen LogP contribution is -2.09. The van der Waals surface area contributed by atoms with Gasteiger partial charge < -0.3 is 9.52 Å². The van der Waals surface area contributed by atoms with Crippen LogP contribution in [0, 0.1) is 12.7 Å². The molecule has 0 saturated heterocycles. The number of phenolic OH excluding ortho intramolecular Hbond substituents is 1. The second kappa shape index (κ2) is 4.49. The highest BCUT2D eigenvalue weighted by molar-refractivity contribution is 5.83. The average Bonchev–Trinajstić information content (AvgIpc) is 2.47. The number of halogens is 1. The molecule has 0 saturated carbocycles. The third-order valence-electron chi connectivity index (χ3n) is 3.26. The Labute approximate surface area is 113 Å². The zero-order chi connectivity index (χ0) is 14.3. The maximum Gasteiger partial charge on any atom is 0.229 e. The van der Waals surface area contributed by atoms with Gasteiger partial charge in [0, 0.05) is 11.1 Å². The van der Waals surface area contributed by atoms with Crippen LogP contribution in [0.2, 0.25) is 0 Å². The van der Waals surface area contributed by atoms with Crippen LogP contribution in [0.4, 0.5) is 4.39 Å². The lowest BCUT2D eigenvalue weighted by molar-refractivity contribution is 0.468. The van der Waals surface area contributed by atoms with Crippen molar-refractivity contribution < 1.29 is 13.9 Å². The van der Waals surface area contributed by atoms with Crippen LogP contribution in [0.5, 0.6) is 5.75 Å². The van der Waals surface area contributed by atoms with Gasteiger partial charge in [-0.1, -0.05) is 30.3 Å². The van der Waals surface area contributed by atoms with Gasteiger partial charge in [-0.2, -0.15) is 4.39 Å². The number of fused-ring (bicyclic) bond motifs is 1. The molecular weight excluding hydrogens is 259 g/mol. The van der Waals surface area contributed by atoms with Gasteiger partial charge in [-0.25, -0.2) is 0 Å². The van der Waals surface area contributed by atoms with Crippen LogP contribution in [0.1, 0.15) is 5.56 Å². The normalized spacial score (nSPS) is 10.9. The highest BCUT2D eigenvalue weighted by Crippen LogP contribution is 2.29. The highest BCUT2D eigenvalue weighted by Gasteiger charge is 2.17. The zero-order valence-electron chi connectivity index (χ0n) is 10.7. The zero-order valence-corrected chi connectivity index (χ0v) is 10.7. The van der Waals surface area contributed by atoms with Gasteiger partial charge in [-0.3, -0.25) is 4.79 Å². The molecule has 3 nitrogen and oxygen atoms in total. The molecule has 1 aromatic heterocycles. The number of phenols is 1.